The lowest BCUT2D eigenvalue weighted by Crippen LogP contribution is -3.00. The van der Waals surface area contributed by atoms with Crippen LogP contribution >= 0.6 is 7.26 Å². The second-order valence-electron chi connectivity index (χ2n) is 5.85. The highest BCUT2D eigenvalue weighted by Gasteiger charge is 2.44. The van der Waals surface area contributed by atoms with Gasteiger partial charge in [-0.05, 0) is 43.3 Å². The zero-order chi connectivity index (χ0) is 17.7. The standard InChI is InChI=1S/C22H19O2P.BrH/c1-18(22(23)24)17-25(19-11-5-2-6-12-19,20-13-7-3-8-14-20)21-15-9-4-10-16-21;/h2-17H,1H3;1H. The molecule has 3 rings (SSSR count). The summed E-state index contributed by atoms with van der Waals surface area (Å²) < 4.78 is 0. The second kappa shape index (κ2) is 8.93. The number of carbonyl (C=O) groups is 1. The van der Waals surface area contributed by atoms with E-state index in [-0.39, 0.29) is 17.0 Å². The van der Waals surface area contributed by atoms with Gasteiger partial charge in [-0.25, -0.2) is 4.79 Å². The molecule has 0 atom stereocenters. The zero-order valence-electron chi connectivity index (χ0n) is 14.4. The number of carboxylic acid groups (broad SMARTS) is 1. The van der Waals surface area contributed by atoms with Crippen LogP contribution in [-0.4, -0.2) is 11.1 Å². The maximum Gasteiger partial charge on any atom is 0.334 e. The zero-order valence-corrected chi connectivity index (χ0v) is 16.9. The van der Waals surface area contributed by atoms with Crippen molar-refractivity contribution >= 4 is 29.1 Å². The van der Waals surface area contributed by atoms with E-state index in [4.69, 9.17) is 0 Å². The number of halogens is 1. The Hall–Kier alpha value is -2.22. The normalized spacial score (nSPS) is 11.5. The van der Waals surface area contributed by atoms with E-state index in [0.29, 0.717) is 5.57 Å². The van der Waals surface area contributed by atoms with E-state index in [1.807, 2.05) is 60.4 Å². The minimum Gasteiger partial charge on any atom is -1.00 e. The molecule has 0 aromatic heterocycles. The van der Waals surface area contributed by atoms with Gasteiger partial charge >= 0.3 is 5.97 Å². The summed E-state index contributed by atoms with van der Waals surface area (Å²) in [5.74, 6) is 1.09. The fourth-order valence-electron chi connectivity index (χ4n) is 3.01. The summed E-state index contributed by atoms with van der Waals surface area (Å²) in [7, 11) is -2.21. The molecule has 1 N–H and O–H groups in total. The highest BCUT2D eigenvalue weighted by atomic mass is 79.9. The van der Waals surface area contributed by atoms with Crippen LogP contribution in [0.1, 0.15) is 6.92 Å². The minimum atomic E-state index is -2.21. The van der Waals surface area contributed by atoms with Crippen LogP contribution in [0.3, 0.4) is 0 Å². The summed E-state index contributed by atoms with van der Waals surface area (Å²) in [5, 5.41) is 13.0. The Morgan fingerprint density at radius 2 is 1.04 bits per heavy atom. The predicted molar refractivity (Wildman–Crippen MR) is 107 cm³/mol. The van der Waals surface area contributed by atoms with E-state index >= 15 is 0 Å². The number of hydrogen-bond acceptors (Lipinski definition) is 1. The van der Waals surface area contributed by atoms with Crippen molar-refractivity contribution in [2.75, 3.05) is 0 Å². The van der Waals surface area contributed by atoms with Crippen LogP contribution < -0.4 is 32.9 Å². The summed E-state index contributed by atoms with van der Waals surface area (Å²) in [6.07, 6.45) is 0. The number of carboxylic acids is 1. The average Bonchev–Trinajstić information content (AvgIpc) is 2.68. The Kier molecular flexibility index (Phi) is 6.90. The van der Waals surface area contributed by atoms with Gasteiger partial charge in [0.05, 0.1) is 11.4 Å². The number of hydrogen-bond donors (Lipinski definition) is 1. The minimum absolute atomic E-state index is 0. The molecule has 0 bridgehead atoms. The topological polar surface area (TPSA) is 37.3 Å². The van der Waals surface area contributed by atoms with Crippen LogP contribution in [0.25, 0.3) is 0 Å². The average molecular weight is 427 g/mol. The lowest BCUT2D eigenvalue weighted by atomic mass is 10.3. The van der Waals surface area contributed by atoms with Crippen LogP contribution in [0.4, 0.5) is 0 Å². The molecule has 2 nitrogen and oxygen atoms in total. The summed E-state index contributed by atoms with van der Waals surface area (Å²) in [4.78, 5) is 11.6. The first kappa shape index (κ1) is 20.1. The maximum atomic E-state index is 11.6. The monoisotopic (exact) mass is 426 g/mol. The Balaban J connectivity index is 0.00000243. The number of aliphatic carboxylic acids is 1. The predicted octanol–water partition coefficient (Wildman–Crippen LogP) is 0.973. The Bertz CT molecular complexity index is 781. The first-order valence-electron chi connectivity index (χ1n) is 8.13. The molecule has 0 fully saturated rings. The summed E-state index contributed by atoms with van der Waals surface area (Å²) in [6.45, 7) is 1.67. The van der Waals surface area contributed by atoms with Gasteiger partial charge in [0.1, 0.15) is 23.2 Å². The maximum absolute atomic E-state index is 11.6. The van der Waals surface area contributed by atoms with Crippen molar-refractivity contribution < 1.29 is 26.9 Å². The SMILES string of the molecule is CC(=C[P+](c1ccccc1)(c1ccccc1)c1ccccc1)C(=O)O.[Br-]. The van der Waals surface area contributed by atoms with Gasteiger partial charge in [-0.2, -0.15) is 0 Å². The Morgan fingerprint density at radius 1 is 0.731 bits per heavy atom. The number of benzene rings is 3. The van der Waals surface area contributed by atoms with Crippen LogP contribution in [0.15, 0.2) is 102 Å². The van der Waals surface area contributed by atoms with Crippen LogP contribution in [-0.2, 0) is 4.79 Å². The molecule has 0 unspecified atom stereocenters. The van der Waals surface area contributed by atoms with E-state index in [2.05, 4.69) is 36.4 Å². The van der Waals surface area contributed by atoms with Gasteiger partial charge in [0.2, 0.25) is 0 Å². The molecular formula is C22H20BrO2P. The molecule has 0 spiro atoms. The molecule has 0 aliphatic rings. The van der Waals surface area contributed by atoms with Crippen LogP contribution in [0, 0.1) is 0 Å². The summed E-state index contributed by atoms with van der Waals surface area (Å²) in [5.41, 5.74) is 0.366. The fraction of sp³-hybridized carbons (Fsp3) is 0.0455. The molecule has 26 heavy (non-hydrogen) atoms. The molecule has 0 radical (unpaired) electrons. The third-order valence-corrected chi connectivity index (χ3v) is 8.33. The van der Waals surface area contributed by atoms with Crippen molar-refractivity contribution in [3.8, 4) is 0 Å². The molecule has 3 aromatic carbocycles. The van der Waals surface area contributed by atoms with Crippen LogP contribution in [0.5, 0.6) is 0 Å². The third kappa shape index (κ3) is 3.95. The second-order valence-corrected chi connectivity index (χ2v) is 9.10. The molecule has 0 amide bonds. The van der Waals surface area contributed by atoms with E-state index < -0.39 is 13.2 Å². The van der Waals surface area contributed by atoms with Crippen LogP contribution in [0.2, 0.25) is 0 Å². The molecule has 0 aliphatic heterocycles. The van der Waals surface area contributed by atoms with Gasteiger partial charge in [-0.1, -0.05) is 54.6 Å². The smallest absolute Gasteiger partial charge is 0.334 e. The lowest BCUT2D eigenvalue weighted by molar-refractivity contribution is -0.132. The van der Waals surface area contributed by atoms with Gasteiger partial charge in [0.25, 0.3) is 0 Å². The molecular weight excluding hydrogens is 407 g/mol. The largest absolute Gasteiger partial charge is 1.00 e. The van der Waals surface area contributed by atoms with E-state index in [1.54, 1.807) is 6.92 Å². The highest BCUT2D eigenvalue weighted by Crippen LogP contribution is 2.57. The van der Waals surface area contributed by atoms with Crippen molar-refractivity contribution in [1.82, 2.24) is 0 Å². The van der Waals surface area contributed by atoms with Crippen molar-refractivity contribution in [3.63, 3.8) is 0 Å². The highest BCUT2D eigenvalue weighted by molar-refractivity contribution is 7.98. The van der Waals surface area contributed by atoms with Crippen molar-refractivity contribution in [1.29, 1.82) is 0 Å². The lowest BCUT2D eigenvalue weighted by Gasteiger charge is -2.24. The summed E-state index contributed by atoms with van der Waals surface area (Å²) >= 11 is 0. The van der Waals surface area contributed by atoms with Gasteiger partial charge in [-0.3, -0.25) is 0 Å². The van der Waals surface area contributed by atoms with Gasteiger partial charge in [0, 0.05) is 0 Å². The molecule has 3 aromatic rings. The number of rotatable bonds is 5. The quantitative estimate of drug-likeness (QED) is 0.487. The molecule has 4 heteroatoms. The molecule has 0 saturated carbocycles. The van der Waals surface area contributed by atoms with E-state index in [0.717, 1.165) is 15.9 Å². The molecule has 0 saturated heterocycles. The van der Waals surface area contributed by atoms with E-state index in [9.17, 15) is 9.90 Å². The summed E-state index contributed by atoms with van der Waals surface area (Å²) in [6, 6.07) is 30.6. The first-order chi connectivity index (χ1) is 12.1. The van der Waals surface area contributed by atoms with E-state index in [1.165, 1.54) is 0 Å². The Morgan fingerprint density at radius 3 is 1.31 bits per heavy atom. The third-order valence-electron chi connectivity index (χ3n) is 4.22. The van der Waals surface area contributed by atoms with Gasteiger partial charge in [-0.15, -0.1) is 0 Å². The fourth-order valence-corrected chi connectivity index (χ4v) is 6.97. The van der Waals surface area contributed by atoms with Crippen molar-refractivity contribution in [2.24, 2.45) is 0 Å². The molecule has 132 valence electrons. The first-order valence-corrected chi connectivity index (χ1v) is 9.99. The van der Waals surface area contributed by atoms with Crippen molar-refractivity contribution in [3.05, 3.63) is 102 Å². The molecule has 0 heterocycles. The molecule has 0 aliphatic carbocycles. The van der Waals surface area contributed by atoms with Gasteiger partial charge < -0.3 is 22.1 Å². The Labute approximate surface area is 165 Å². The van der Waals surface area contributed by atoms with Gasteiger partial charge in [0.15, 0.2) is 0 Å². The van der Waals surface area contributed by atoms with Crippen molar-refractivity contribution in [2.45, 2.75) is 6.92 Å².